The van der Waals surface area contributed by atoms with E-state index in [-0.39, 0.29) is 17.0 Å². The van der Waals surface area contributed by atoms with Crippen molar-refractivity contribution < 1.29 is 13.2 Å². The number of nitrogens with zero attached hydrogens (tertiary/aromatic N) is 3. The summed E-state index contributed by atoms with van der Waals surface area (Å²) in [5.41, 5.74) is 2.23. The first-order chi connectivity index (χ1) is 13.5. The summed E-state index contributed by atoms with van der Waals surface area (Å²) in [5.74, 6) is 0.124. The first-order valence-electron chi connectivity index (χ1n) is 10.1. The highest BCUT2D eigenvalue weighted by Gasteiger charge is 2.26. The lowest BCUT2D eigenvalue weighted by Gasteiger charge is -2.20. The van der Waals surface area contributed by atoms with Gasteiger partial charge in [0.2, 0.25) is 15.0 Å². The van der Waals surface area contributed by atoms with E-state index in [1.165, 1.54) is 5.56 Å². The maximum absolute atomic E-state index is 12.7. The van der Waals surface area contributed by atoms with Crippen molar-refractivity contribution in [1.29, 1.82) is 0 Å². The Morgan fingerprint density at radius 3 is 2.75 bits per heavy atom. The number of sulfone groups is 1. The van der Waals surface area contributed by atoms with Crippen molar-refractivity contribution in [3.8, 4) is 0 Å². The van der Waals surface area contributed by atoms with Gasteiger partial charge in [-0.05, 0) is 38.3 Å². The van der Waals surface area contributed by atoms with Gasteiger partial charge >= 0.3 is 0 Å². The number of likely N-dealkylation sites (N-methyl/N-ethyl adjacent to an activating group) is 1. The van der Waals surface area contributed by atoms with Crippen LogP contribution in [0.5, 0.6) is 0 Å². The van der Waals surface area contributed by atoms with Crippen LogP contribution < -0.4 is 0 Å². The van der Waals surface area contributed by atoms with Gasteiger partial charge in [0.15, 0.2) is 0 Å². The zero-order chi connectivity index (χ0) is 20.0. The molecule has 0 N–H and O–H groups in total. The van der Waals surface area contributed by atoms with Crippen LogP contribution in [0.2, 0.25) is 0 Å². The third-order valence-electron chi connectivity index (χ3n) is 5.12. The Kier molecular flexibility index (Phi) is 7.26. The summed E-state index contributed by atoms with van der Waals surface area (Å²) in [4.78, 5) is 6.53. The SMILES string of the molecule is CCCS(=O)(=O)c1ncc(CN(C)CCc2ccccc2)n1C[C@@H]1CCCO1. The third-order valence-corrected chi connectivity index (χ3v) is 6.95. The lowest BCUT2D eigenvalue weighted by Crippen LogP contribution is -2.26. The molecule has 0 aliphatic carbocycles. The van der Waals surface area contributed by atoms with Gasteiger partial charge in [0.05, 0.1) is 30.3 Å². The molecule has 154 valence electrons. The highest BCUT2D eigenvalue weighted by Crippen LogP contribution is 2.21. The maximum Gasteiger partial charge on any atom is 0.227 e. The number of aromatic nitrogens is 2. The van der Waals surface area contributed by atoms with Gasteiger partial charge in [0.1, 0.15) is 0 Å². The zero-order valence-electron chi connectivity index (χ0n) is 16.9. The lowest BCUT2D eigenvalue weighted by molar-refractivity contribution is 0.0934. The number of imidazole rings is 1. The molecule has 1 aliphatic rings. The summed E-state index contributed by atoms with van der Waals surface area (Å²) in [6.07, 6.45) is 5.33. The van der Waals surface area contributed by atoms with Gasteiger partial charge in [-0.25, -0.2) is 13.4 Å². The van der Waals surface area contributed by atoms with Gasteiger partial charge in [-0.3, -0.25) is 0 Å². The Balaban J connectivity index is 1.74. The Bertz CT molecular complexity index is 843. The number of benzene rings is 1. The minimum Gasteiger partial charge on any atom is -0.376 e. The molecule has 6 nitrogen and oxygen atoms in total. The molecule has 0 unspecified atom stereocenters. The second-order valence-electron chi connectivity index (χ2n) is 7.57. The normalized spacial score (nSPS) is 17.5. The highest BCUT2D eigenvalue weighted by molar-refractivity contribution is 7.91. The molecule has 1 aromatic heterocycles. The molecule has 3 rings (SSSR count). The highest BCUT2D eigenvalue weighted by atomic mass is 32.2. The van der Waals surface area contributed by atoms with E-state index in [2.05, 4.69) is 41.2 Å². The minimum absolute atomic E-state index is 0.0677. The first-order valence-corrected chi connectivity index (χ1v) is 11.8. The molecular weight excluding hydrogens is 374 g/mol. The molecule has 0 spiro atoms. The van der Waals surface area contributed by atoms with Crippen molar-refractivity contribution in [2.75, 3.05) is 26.0 Å². The molecule has 0 bridgehead atoms. The van der Waals surface area contributed by atoms with E-state index in [0.717, 1.165) is 38.1 Å². The molecule has 1 saturated heterocycles. The van der Waals surface area contributed by atoms with E-state index >= 15 is 0 Å². The summed E-state index contributed by atoms with van der Waals surface area (Å²) < 4.78 is 33.0. The van der Waals surface area contributed by atoms with Crippen LogP contribution in [-0.2, 0) is 34.1 Å². The number of hydrogen-bond donors (Lipinski definition) is 0. The van der Waals surface area contributed by atoms with Gasteiger partial charge in [-0.1, -0.05) is 37.3 Å². The fourth-order valence-electron chi connectivity index (χ4n) is 3.63. The number of rotatable bonds is 10. The van der Waals surface area contributed by atoms with Gasteiger partial charge < -0.3 is 14.2 Å². The summed E-state index contributed by atoms with van der Waals surface area (Å²) in [7, 11) is -1.31. The molecule has 0 amide bonds. The zero-order valence-corrected chi connectivity index (χ0v) is 17.7. The van der Waals surface area contributed by atoms with E-state index in [9.17, 15) is 8.42 Å². The number of ether oxygens (including phenoxy) is 1. The molecule has 0 radical (unpaired) electrons. The van der Waals surface area contributed by atoms with Crippen molar-refractivity contribution in [3.63, 3.8) is 0 Å². The Hall–Kier alpha value is -1.70. The predicted octanol–water partition coefficient (Wildman–Crippen LogP) is 2.92. The Morgan fingerprint density at radius 1 is 1.29 bits per heavy atom. The van der Waals surface area contributed by atoms with Crippen molar-refractivity contribution in [2.24, 2.45) is 0 Å². The van der Waals surface area contributed by atoms with Crippen LogP contribution in [0.3, 0.4) is 0 Å². The fourth-order valence-corrected chi connectivity index (χ4v) is 5.09. The van der Waals surface area contributed by atoms with Crippen LogP contribution in [0.25, 0.3) is 0 Å². The standard InChI is InChI=1S/C21H31N3O3S/c1-3-14-28(25,26)21-22-15-19(24(21)17-20-10-7-13-27-20)16-23(2)12-11-18-8-5-4-6-9-18/h4-6,8-9,15,20H,3,7,10-14,16-17H2,1-2H3/t20-/m0/s1. The van der Waals surface area contributed by atoms with Gasteiger partial charge in [-0.2, -0.15) is 0 Å². The third kappa shape index (κ3) is 5.43. The van der Waals surface area contributed by atoms with Crippen LogP contribution in [0.1, 0.15) is 37.4 Å². The molecule has 1 atom stereocenters. The van der Waals surface area contributed by atoms with Crippen molar-refractivity contribution >= 4 is 9.84 Å². The Morgan fingerprint density at radius 2 is 2.07 bits per heavy atom. The molecule has 1 fully saturated rings. The van der Waals surface area contributed by atoms with E-state index < -0.39 is 9.84 Å². The van der Waals surface area contributed by atoms with Crippen LogP contribution in [-0.4, -0.2) is 54.9 Å². The van der Waals surface area contributed by atoms with Crippen molar-refractivity contribution in [3.05, 3.63) is 47.8 Å². The molecular formula is C21H31N3O3S. The minimum atomic E-state index is -3.38. The van der Waals surface area contributed by atoms with Crippen LogP contribution in [0.4, 0.5) is 0 Å². The largest absolute Gasteiger partial charge is 0.376 e. The van der Waals surface area contributed by atoms with E-state index in [1.807, 2.05) is 17.6 Å². The molecule has 1 aromatic carbocycles. The quantitative estimate of drug-likeness (QED) is 0.608. The van der Waals surface area contributed by atoms with E-state index in [1.54, 1.807) is 6.20 Å². The predicted molar refractivity (Wildman–Crippen MR) is 110 cm³/mol. The summed E-state index contributed by atoms with van der Waals surface area (Å²) in [5, 5.41) is 0.191. The smallest absolute Gasteiger partial charge is 0.227 e. The average molecular weight is 406 g/mol. The average Bonchev–Trinajstić information content (AvgIpc) is 3.32. The van der Waals surface area contributed by atoms with E-state index in [4.69, 9.17) is 4.74 Å². The topological polar surface area (TPSA) is 64.4 Å². The summed E-state index contributed by atoms with van der Waals surface area (Å²) in [6, 6.07) is 10.4. The number of hydrogen-bond acceptors (Lipinski definition) is 5. The van der Waals surface area contributed by atoms with Gasteiger partial charge in [0.25, 0.3) is 0 Å². The monoisotopic (exact) mass is 405 g/mol. The molecule has 0 saturated carbocycles. The van der Waals surface area contributed by atoms with Gasteiger partial charge in [0, 0.05) is 19.7 Å². The van der Waals surface area contributed by atoms with Crippen molar-refractivity contribution in [1.82, 2.24) is 14.5 Å². The molecule has 28 heavy (non-hydrogen) atoms. The Labute approximate surface area is 168 Å². The molecule has 1 aliphatic heterocycles. The molecule has 2 aromatic rings. The van der Waals surface area contributed by atoms with Crippen LogP contribution >= 0.6 is 0 Å². The molecule has 7 heteroatoms. The van der Waals surface area contributed by atoms with Crippen LogP contribution in [0, 0.1) is 0 Å². The second kappa shape index (κ2) is 9.67. The van der Waals surface area contributed by atoms with Gasteiger partial charge in [-0.15, -0.1) is 0 Å². The second-order valence-corrected chi connectivity index (χ2v) is 9.57. The fraction of sp³-hybridized carbons (Fsp3) is 0.571. The van der Waals surface area contributed by atoms with Crippen LogP contribution in [0.15, 0.2) is 41.7 Å². The summed E-state index contributed by atoms with van der Waals surface area (Å²) in [6.45, 7) is 4.74. The molecule has 2 heterocycles. The summed E-state index contributed by atoms with van der Waals surface area (Å²) >= 11 is 0. The first kappa shape index (κ1) is 21.0. The lowest BCUT2D eigenvalue weighted by atomic mass is 10.1. The maximum atomic E-state index is 12.7. The van der Waals surface area contributed by atoms with Crippen molar-refractivity contribution in [2.45, 2.75) is 57.0 Å². The van der Waals surface area contributed by atoms with E-state index in [0.29, 0.717) is 19.5 Å².